The van der Waals surface area contributed by atoms with Gasteiger partial charge in [-0.1, -0.05) is 0 Å². The van der Waals surface area contributed by atoms with E-state index in [1.165, 1.54) is 0 Å². The Bertz CT molecular complexity index is 115. The van der Waals surface area contributed by atoms with E-state index in [0.717, 1.165) is 13.2 Å². The molecule has 7 heteroatoms. The zero-order valence-corrected chi connectivity index (χ0v) is 7.10. The molecule has 0 aromatic rings. The number of rotatable bonds is 1. The van der Waals surface area contributed by atoms with Crippen molar-refractivity contribution in [2.75, 3.05) is 20.3 Å². The van der Waals surface area contributed by atoms with E-state index in [2.05, 4.69) is 36.2 Å². The van der Waals surface area contributed by atoms with Crippen LogP contribution in [0.25, 0.3) is 0 Å². The third-order valence-corrected chi connectivity index (χ3v) is 1.34. The average Bonchev–Trinajstić information content (AvgIpc) is 2.14. The Hall–Kier alpha value is -0.408. The highest BCUT2D eigenvalue weighted by molar-refractivity contribution is 5.75. The Morgan fingerprint density at radius 1 is 1.08 bits per heavy atom. The molecule has 2 nitrogen and oxygen atoms in total. The highest BCUT2D eigenvalue weighted by Crippen LogP contribution is 2.00. The first-order chi connectivity index (χ1) is 3.83. The lowest BCUT2D eigenvalue weighted by Gasteiger charge is -2.14. The van der Waals surface area contributed by atoms with Gasteiger partial charge in [-0.25, -0.2) is 0 Å². The van der Waals surface area contributed by atoms with E-state index < -0.39 is 0 Å². The van der Waals surface area contributed by atoms with Crippen LogP contribution >= 0.6 is 0 Å². The van der Waals surface area contributed by atoms with Crippen LogP contribution < -0.4 is 0 Å². The van der Waals surface area contributed by atoms with Gasteiger partial charge in [0.05, 0.1) is 6.67 Å². The molecule has 1 heterocycles. The molecule has 0 aromatic carbocycles. The molecule has 0 bridgehead atoms. The first-order valence-electron chi connectivity index (χ1n) is 2.95. The quantitative estimate of drug-likeness (QED) is 0.459. The Kier molecular flexibility index (Phi) is 31.9. The number of hydrogen-bond donors (Lipinski definition) is 0. The van der Waals surface area contributed by atoms with Gasteiger partial charge in [0.2, 0.25) is 0 Å². The summed E-state index contributed by atoms with van der Waals surface area (Å²) in [6, 6.07) is 0. The highest BCUT2D eigenvalue weighted by Gasteiger charge is 2.03. The van der Waals surface area contributed by atoms with Crippen molar-refractivity contribution in [3.8, 4) is 0 Å². The molecular weight excluding hydrogens is 203 g/mol. The van der Waals surface area contributed by atoms with Gasteiger partial charge >= 0.3 is 0 Å². The molecule has 1 aliphatic rings. The Balaban J connectivity index is -0.0000000427. The summed E-state index contributed by atoms with van der Waals surface area (Å²) in [5, 5.41) is 0. The minimum Gasteiger partial charge on any atom is -0.362 e. The minimum absolute atomic E-state index is 0. The molecule has 0 amide bonds. The van der Waals surface area contributed by atoms with Gasteiger partial charge in [-0.05, 0) is 6.92 Å². The van der Waals surface area contributed by atoms with Gasteiger partial charge in [-0.15, -0.1) is 0 Å². The lowest BCUT2D eigenvalue weighted by Crippen LogP contribution is -2.21. The smallest absolute Gasteiger partial charge is 0.187 e. The molecule has 0 saturated heterocycles. The van der Waals surface area contributed by atoms with E-state index in [1.807, 2.05) is 0 Å². The van der Waals surface area contributed by atoms with Crippen LogP contribution in [0.4, 0.5) is 18.8 Å². The van der Waals surface area contributed by atoms with Crippen LogP contribution in [0.3, 0.4) is 0 Å². The van der Waals surface area contributed by atoms with Crippen molar-refractivity contribution in [3.05, 3.63) is 12.4 Å². The van der Waals surface area contributed by atoms with E-state index >= 15 is 0 Å². The van der Waals surface area contributed by atoms with E-state index in [4.69, 9.17) is 0 Å². The summed E-state index contributed by atoms with van der Waals surface area (Å²) in [5.41, 5.74) is 0. The third kappa shape index (κ3) is 9.51. The lowest BCUT2D eigenvalue weighted by molar-refractivity contribution is 0.308. The molecule has 0 unspecified atom stereocenters. The monoisotopic (exact) mass is 222 g/mol. The van der Waals surface area contributed by atoms with Crippen LogP contribution in [0.2, 0.25) is 0 Å². The molecule has 1 aliphatic heterocycles. The van der Waals surface area contributed by atoms with Gasteiger partial charge in [-0.2, -0.15) is 0 Å². The number of hydrogen-bond acceptors (Lipinski definition) is 2. The van der Waals surface area contributed by atoms with Gasteiger partial charge in [-0.3, -0.25) is 18.8 Å². The van der Waals surface area contributed by atoms with Crippen LogP contribution in [0.1, 0.15) is 6.92 Å². The zero-order valence-electron chi connectivity index (χ0n) is 7.10. The summed E-state index contributed by atoms with van der Waals surface area (Å²) in [5.74, 6) is 0. The van der Waals surface area contributed by atoms with Crippen molar-refractivity contribution >= 4 is 17.4 Å². The molecule has 0 radical (unpaired) electrons. The van der Waals surface area contributed by atoms with E-state index in [-0.39, 0.29) is 36.2 Å². The Labute approximate surface area is 86.2 Å². The standard InChI is InChI=1S/C6H12N2.Al.4FH.3H/c1-3-8-5-4-7(2)6-8;;;;;;;;/h4-5H,3,6H2,1-2H3;;4*1H;;;. The fraction of sp³-hybridized carbons (Fsp3) is 0.667. The zero-order chi connectivity index (χ0) is 5.98. The summed E-state index contributed by atoms with van der Waals surface area (Å²) >= 11 is 0. The van der Waals surface area contributed by atoms with Gasteiger partial charge in [0.25, 0.3) is 0 Å². The molecule has 13 heavy (non-hydrogen) atoms. The predicted molar refractivity (Wildman–Crippen MR) is 54.1 cm³/mol. The van der Waals surface area contributed by atoms with Crippen molar-refractivity contribution in [1.29, 1.82) is 0 Å². The summed E-state index contributed by atoms with van der Waals surface area (Å²) in [6.07, 6.45) is 4.20. The maximum atomic E-state index is 2.25. The molecule has 0 atom stereocenters. The molecule has 1 rings (SSSR count). The largest absolute Gasteiger partial charge is 0.362 e. The molecular formula is C6H19AlF4N2. The highest BCUT2D eigenvalue weighted by atomic mass is 27.0. The van der Waals surface area contributed by atoms with Crippen molar-refractivity contribution in [3.63, 3.8) is 0 Å². The third-order valence-electron chi connectivity index (χ3n) is 1.34. The SMILES string of the molecule is CCN1C=CN(C)C1.F.F.F.F.[AlH3]. The molecule has 0 saturated carbocycles. The van der Waals surface area contributed by atoms with Gasteiger partial charge in [0.1, 0.15) is 0 Å². The summed E-state index contributed by atoms with van der Waals surface area (Å²) in [6.45, 7) is 4.32. The summed E-state index contributed by atoms with van der Waals surface area (Å²) in [7, 11) is 2.08. The Morgan fingerprint density at radius 2 is 1.54 bits per heavy atom. The van der Waals surface area contributed by atoms with Gasteiger partial charge in [0.15, 0.2) is 17.4 Å². The van der Waals surface area contributed by atoms with Crippen LogP contribution in [0.15, 0.2) is 12.4 Å². The van der Waals surface area contributed by atoms with Crippen LogP contribution in [-0.2, 0) is 0 Å². The van der Waals surface area contributed by atoms with Crippen LogP contribution in [0, 0.1) is 0 Å². The second-order valence-corrected chi connectivity index (χ2v) is 2.10. The average molecular weight is 222 g/mol. The summed E-state index contributed by atoms with van der Waals surface area (Å²) in [4.78, 5) is 4.41. The number of halogens is 4. The van der Waals surface area contributed by atoms with Crippen LogP contribution in [-0.4, -0.2) is 47.4 Å². The van der Waals surface area contributed by atoms with Gasteiger partial charge < -0.3 is 9.80 Å². The summed E-state index contributed by atoms with van der Waals surface area (Å²) < 4.78 is 0. The van der Waals surface area contributed by atoms with E-state index in [9.17, 15) is 0 Å². The maximum Gasteiger partial charge on any atom is 0.187 e. The molecule has 84 valence electrons. The molecule has 0 spiro atoms. The van der Waals surface area contributed by atoms with Crippen molar-refractivity contribution in [2.45, 2.75) is 6.92 Å². The second kappa shape index (κ2) is 14.1. The lowest BCUT2D eigenvalue weighted by atomic mass is 10.6. The molecule has 0 aromatic heterocycles. The fourth-order valence-corrected chi connectivity index (χ4v) is 0.794. The van der Waals surface area contributed by atoms with Crippen molar-refractivity contribution in [2.24, 2.45) is 0 Å². The van der Waals surface area contributed by atoms with Crippen molar-refractivity contribution < 1.29 is 18.8 Å². The molecule has 0 N–H and O–H groups in total. The van der Waals surface area contributed by atoms with E-state index in [0.29, 0.717) is 0 Å². The topological polar surface area (TPSA) is 6.48 Å². The number of nitrogens with zero attached hydrogens (tertiary/aromatic N) is 2. The normalized spacial score (nSPS) is 11.2. The minimum atomic E-state index is 0. The Morgan fingerprint density at radius 3 is 1.69 bits per heavy atom. The van der Waals surface area contributed by atoms with Crippen molar-refractivity contribution in [1.82, 2.24) is 9.80 Å². The predicted octanol–water partition coefficient (Wildman–Crippen LogP) is 0.108. The first-order valence-corrected chi connectivity index (χ1v) is 2.95. The van der Waals surface area contributed by atoms with Gasteiger partial charge in [0, 0.05) is 26.0 Å². The fourth-order valence-electron chi connectivity index (χ4n) is 0.794. The second-order valence-electron chi connectivity index (χ2n) is 2.10. The maximum absolute atomic E-state index is 2.25. The molecule has 0 fully saturated rings. The molecule has 0 aliphatic carbocycles. The van der Waals surface area contributed by atoms with Crippen LogP contribution in [0.5, 0.6) is 0 Å². The van der Waals surface area contributed by atoms with E-state index in [1.54, 1.807) is 0 Å². The first kappa shape index (κ1) is 29.4.